The summed E-state index contributed by atoms with van der Waals surface area (Å²) in [5, 5.41) is 5.43. The quantitative estimate of drug-likeness (QED) is 0.726. The first kappa shape index (κ1) is 26.1. The number of amides is 1. The largest absolute Gasteiger partial charge is 0.325 e. The number of benzene rings is 1. The van der Waals surface area contributed by atoms with Crippen LogP contribution in [0.15, 0.2) is 29.6 Å². The van der Waals surface area contributed by atoms with Crippen molar-refractivity contribution in [1.29, 1.82) is 0 Å². The molecule has 0 aliphatic carbocycles. The van der Waals surface area contributed by atoms with Gasteiger partial charge in [-0.15, -0.1) is 48.6 Å². The smallest absolute Gasteiger partial charge is 0.275 e. The Morgan fingerprint density at radius 1 is 1.22 bits per heavy atom. The lowest BCUT2D eigenvalue weighted by Gasteiger charge is -2.32. The monoisotopic (exact) mass is 453 g/mol. The molecule has 1 amide bonds. The van der Waals surface area contributed by atoms with Crippen molar-refractivity contribution in [2.75, 3.05) is 38.5 Å². The predicted octanol–water partition coefficient (Wildman–Crippen LogP) is 2.87. The number of nitrogens with zero attached hydrogens (tertiary/aromatic N) is 3. The van der Waals surface area contributed by atoms with Crippen molar-refractivity contribution in [2.24, 2.45) is 5.73 Å². The van der Waals surface area contributed by atoms with Crippen molar-refractivity contribution in [3.63, 3.8) is 0 Å². The van der Waals surface area contributed by atoms with Crippen LogP contribution < -0.4 is 11.1 Å². The van der Waals surface area contributed by atoms with Crippen molar-refractivity contribution in [3.8, 4) is 0 Å². The average Bonchev–Trinajstić information content (AvgIpc) is 3.07. The highest BCUT2D eigenvalue weighted by molar-refractivity contribution is 7.09. The third-order valence-corrected chi connectivity index (χ3v) is 5.02. The molecule has 0 bridgehead atoms. The van der Waals surface area contributed by atoms with Gasteiger partial charge in [0.15, 0.2) is 0 Å². The number of rotatable bonds is 5. The fourth-order valence-corrected chi connectivity index (χ4v) is 3.37. The molecular formula is C17H26Cl3N5OS. The summed E-state index contributed by atoms with van der Waals surface area (Å²) in [6, 6.07) is 8.02. The molecule has 27 heavy (non-hydrogen) atoms. The van der Waals surface area contributed by atoms with Crippen molar-refractivity contribution >= 4 is 60.2 Å². The van der Waals surface area contributed by atoms with Gasteiger partial charge in [0.1, 0.15) is 10.7 Å². The van der Waals surface area contributed by atoms with Gasteiger partial charge in [-0.1, -0.05) is 12.1 Å². The van der Waals surface area contributed by atoms with E-state index < -0.39 is 0 Å². The van der Waals surface area contributed by atoms with E-state index in [2.05, 4.69) is 33.2 Å². The van der Waals surface area contributed by atoms with Crippen molar-refractivity contribution < 1.29 is 4.79 Å². The standard InChI is InChI=1S/C17H23N5OS.3ClH/c1-21-5-7-22(8-6-21)11-13-3-2-4-14(9-13)19-17(23)15-12-24-16(10-18)20-15;;;/h2-4,9,12H,5-8,10-11,18H2,1H3,(H,19,23);3*1H. The first-order valence-electron chi connectivity index (χ1n) is 8.09. The molecule has 1 aliphatic rings. The van der Waals surface area contributed by atoms with Gasteiger partial charge in [-0.2, -0.15) is 0 Å². The van der Waals surface area contributed by atoms with E-state index in [1.54, 1.807) is 5.38 Å². The highest BCUT2D eigenvalue weighted by atomic mass is 35.5. The lowest BCUT2D eigenvalue weighted by Crippen LogP contribution is -2.43. The summed E-state index contributed by atoms with van der Waals surface area (Å²) in [4.78, 5) is 21.3. The Hall–Kier alpha value is -0.930. The van der Waals surface area contributed by atoms with Crippen molar-refractivity contribution in [1.82, 2.24) is 14.8 Å². The van der Waals surface area contributed by atoms with E-state index in [1.165, 1.54) is 16.9 Å². The fourth-order valence-electron chi connectivity index (χ4n) is 2.72. The molecule has 2 aromatic rings. The molecule has 10 heteroatoms. The Bertz CT molecular complexity index is 707. The van der Waals surface area contributed by atoms with E-state index in [0.29, 0.717) is 12.2 Å². The number of anilines is 1. The van der Waals surface area contributed by atoms with E-state index >= 15 is 0 Å². The molecular weight excluding hydrogens is 429 g/mol. The van der Waals surface area contributed by atoms with Crippen LogP contribution in [0.1, 0.15) is 21.1 Å². The Morgan fingerprint density at radius 3 is 2.56 bits per heavy atom. The van der Waals surface area contributed by atoms with Crippen LogP contribution in [-0.4, -0.2) is 53.9 Å². The highest BCUT2D eigenvalue weighted by Crippen LogP contribution is 2.16. The Kier molecular flexibility index (Phi) is 12.1. The van der Waals surface area contributed by atoms with E-state index in [-0.39, 0.29) is 43.1 Å². The maximum atomic E-state index is 12.3. The minimum absolute atomic E-state index is 0. The summed E-state index contributed by atoms with van der Waals surface area (Å²) in [7, 11) is 2.15. The molecule has 3 N–H and O–H groups in total. The first-order chi connectivity index (χ1) is 11.6. The summed E-state index contributed by atoms with van der Waals surface area (Å²) in [6.07, 6.45) is 0. The van der Waals surface area contributed by atoms with Gasteiger partial charge in [-0.05, 0) is 24.7 Å². The van der Waals surface area contributed by atoms with E-state index in [9.17, 15) is 4.79 Å². The van der Waals surface area contributed by atoms with E-state index in [0.717, 1.165) is 43.4 Å². The fraction of sp³-hybridized carbons (Fsp3) is 0.412. The molecule has 6 nitrogen and oxygen atoms in total. The molecule has 3 rings (SSSR count). The van der Waals surface area contributed by atoms with E-state index in [1.807, 2.05) is 18.2 Å². The zero-order valence-corrected chi connectivity index (χ0v) is 18.4. The molecule has 0 radical (unpaired) electrons. The van der Waals surface area contributed by atoms with Gasteiger partial charge in [0.2, 0.25) is 0 Å². The molecule has 0 saturated carbocycles. The highest BCUT2D eigenvalue weighted by Gasteiger charge is 2.14. The lowest BCUT2D eigenvalue weighted by molar-refractivity contribution is 0.102. The molecule has 1 aromatic carbocycles. The molecule has 0 unspecified atom stereocenters. The number of carbonyl (C=O) groups excluding carboxylic acids is 1. The lowest BCUT2D eigenvalue weighted by atomic mass is 10.1. The van der Waals surface area contributed by atoms with E-state index in [4.69, 9.17) is 5.73 Å². The number of hydrogen-bond donors (Lipinski definition) is 2. The summed E-state index contributed by atoms with van der Waals surface area (Å²) >= 11 is 1.41. The predicted molar refractivity (Wildman–Crippen MR) is 119 cm³/mol. The molecule has 1 aliphatic heterocycles. The number of likely N-dealkylation sites (N-methyl/N-ethyl adjacent to an activating group) is 1. The molecule has 0 atom stereocenters. The van der Waals surface area contributed by atoms with Gasteiger partial charge in [0.05, 0.1) is 0 Å². The van der Waals surface area contributed by atoms with Gasteiger partial charge in [0, 0.05) is 50.3 Å². The second-order valence-electron chi connectivity index (χ2n) is 6.06. The second kappa shape index (κ2) is 12.5. The van der Waals surface area contributed by atoms with Crippen LogP contribution in [0.2, 0.25) is 0 Å². The second-order valence-corrected chi connectivity index (χ2v) is 7.01. The molecule has 1 aromatic heterocycles. The summed E-state index contributed by atoms with van der Waals surface area (Å²) in [5.74, 6) is -0.192. The minimum atomic E-state index is -0.192. The number of thiazole rings is 1. The van der Waals surface area contributed by atoms with Gasteiger partial charge in [0.25, 0.3) is 5.91 Å². The van der Waals surface area contributed by atoms with Gasteiger partial charge in [-0.3, -0.25) is 9.69 Å². The maximum Gasteiger partial charge on any atom is 0.275 e. The SMILES string of the molecule is CN1CCN(Cc2cccc(NC(=O)c3csc(CN)n3)c2)CC1.Cl.Cl.Cl. The Labute approximate surface area is 182 Å². The number of aromatic nitrogens is 1. The normalized spacial score (nSPS) is 14.4. The third-order valence-electron chi connectivity index (χ3n) is 4.15. The van der Waals surface area contributed by atoms with Gasteiger partial charge < -0.3 is 16.0 Å². The summed E-state index contributed by atoms with van der Waals surface area (Å²) in [5.41, 5.74) is 7.97. The van der Waals surface area contributed by atoms with Crippen LogP contribution in [0.4, 0.5) is 5.69 Å². The number of halogens is 3. The number of nitrogens with two attached hydrogens (primary N) is 1. The minimum Gasteiger partial charge on any atom is -0.325 e. The zero-order valence-electron chi connectivity index (χ0n) is 15.1. The summed E-state index contributed by atoms with van der Waals surface area (Å²) in [6.45, 7) is 5.62. The maximum absolute atomic E-state index is 12.3. The third kappa shape index (κ3) is 7.54. The van der Waals surface area contributed by atoms with Crippen molar-refractivity contribution in [2.45, 2.75) is 13.1 Å². The Morgan fingerprint density at radius 2 is 1.93 bits per heavy atom. The van der Waals surface area contributed by atoms with Gasteiger partial charge >= 0.3 is 0 Å². The average molecular weight is 455 g/mol. The van der Waals surface area contributed by atoms with Crippen LogP contribution in [0.3, 0.4) is 0 Å². The van der Waals surface area contributed by atoms with Crippen LogP contribution in [0, 0.1) is 0 Å². The molecule has 1 saturated heterocycles. The van der Waals surface area contributed by atoms with Crippen molar-refractivity contribution in [3.05, 3.63) is 45.9 Å². The van der Waals surface area contributed by atoms with Crippen LogP contribution in [0.25, 0.3) is 0 Å². The van der Waals surface area contributed by atoms with Crippen LogP contribution in [0.5, 0.6) is 0 Å². The number of hydrogen-bond acceptors (Lipinski definition) is 6. The van der Waals surface area contributed by atoms with Crippen LogP contribution >= 0.6 is 48.6 Å². The van der Waals surface area contributed by atoms with Gasteiger partial charge in [-0.25, -0.2) is 4.98 Å². The molecule has 152 valence electrons. The zero-order chi connectivity index (χ0) is 16.9. The van der Waals surface area contributed by atoms with Crippen LogP contribution in [-0.2, 0) is 13.1 Å². The summed E-state index contributed by atoms with van der Waals surface area (Å²) < 4.78 is 0. The molecule has 2 heterocycles. The first-order valence-corrected chi connectivity index (χ1v) is 8.97. The Balaban J connectivity index is 0.00000225. The topological polar surface area (TPSA) is 74.5 Å². The molecule has 1 fully saturated rings. The number of nitrogens with one attached hydrogen (secondary N) is 1. The number of piperazine rings is 1. The number of carbonyl (C=O) groups is 1. The molecule has 0 spiro atoms.